The summed E-state index contributed by atoms with van der Waals surface area (Å²) < 4.78 is 1.93. The Labute approximate surface area is 122 Å². The maximum atomic E-state index is 12.3. The molecule has 0 fully saturated rings. The number of aromatic nitrogens is 2. The molecular formula is C15H16N4O2. The fourth-order valence-electron chi connectivity index (χ4n) is 2.48. The van der Waals surface area contributed by atoms with Gasteiger partial charge in [-0.1, -0.05) is 12.1 Å². The summed E-state index contributed by atoms with van der Waals surface area (Å²) in [5.74, 6) is 0.588. The Morgan fingerprint density at radius 1 is 1.29 bits per heavy atom. The lowest BCUT2D eigenvalue weighted by Crippen LogP contribution is -2.37. The van der Waals surface area contributed by atoms with Crippen LogP contribution in [0.2, 0.25) is 0 Å². The number of nitrogens with zero attached hydrogens (tertiary/aromatic N) is 3. The van der Waals surface area contributed by atoms with Gasteiger partial charge in [-0.05, 0) is 12.1 Å². The number of anilines is 1. The van der Waals surface area contributed by atoms with Gasteiger partial charge in [0, 0.05) is 32.4 Å². The van der Waals surface area contributed by atoms with Crippen LogP contribution >= 0.6 is 0 Å². The molecule has 2 aromatic rings. The molecule has 0 saturated carbocycles. The van der Waals surface area contributed by atoms with Gasteiger partial charge in [0.25, 0.3) is 5.91 Å². The zero-order chi connectivity index (χ0) is 14.8. The molecule has 6 heteroatoms. The van der Waals surface area contributed by atoms with E-state index in [2.05, 4.69) is 10.3 Å². The highest BCUT2D eigenvalue weighted by Gasteiger charge is 2.25. The Balaban J connectivity index is 1.89. The van der Waals surface area contributed by atoms with Gasteiger partial charge in [0.2, 0.25) is 5.91 Å². The first-order chi connectivity index (χ1) is 10.2. The maximum Gasteiger partial charge on any atom is 0.253 e. The van der Waals surface area contributed by atoms with Crippen molar-refractivity contribution in [1.29, 1.82) is 0 Å². The summed E-state index contributed by atoms with van der Waals surface area (Å²) in [5, 5.41) is 2.63. The number of hydrogen-bond acceptors (Lipinski definition) is 3. The average Bonchev–Trinajstić information content (AvgIpc) is 2.85. The van der Waals surface area contributed by atoms with Crippen LogP contribution in [0.1, 0.15) is 16.2 Å². The molecule has 1 aliphatic rings. The summed E-state index contributed by atoms with van der Waals surface area (Å²) >= 11 is 0. The molecule has 21 heavy (non-hydrogen) atoms. The zero-order valence-electron chi connectivity index (χ0n) is 11.7. The van der Waals surface area contributed by atoms with Crippen LogP contribution in [0.5, 0.6) is 0 Å². The molecule has 0 aliphatic carbocycles. The highest BCUT2D eigenvalue weighted by Crippen LogP contribution is 2.22. The lowest BCUT2D eigenvalue weighted by molar-refractivity contribution is -0.117. The Morgan fingerprint density at radius 3 is 2.86 bits per heavy atom. The minimum atomic E-state index is -0.210. The summed E-state index contributed by atoms with van der Waals surface area (Å²) in [6, 6.07) is 7.16. The molecule has 0 atom stereocenters. The number of aryl methyl sites for hydroxylation is 1. The highest BCUT2D eigenvalue weighted by atomic mass is 16.2. The summed E-state index contributed by atoms with van der Waals surface area (Å²) in [6.07, 6.45) is 4.25. The van der Waals surface area contributed by atoms with Gasteiger partial charge in [0.1, 0.15) is 5.82 Å². The molecule has 1 N–H and O–H groups in total. The number of hydrogen-bond donors (Lipinski definition) is 1. The third-order valence-electron chi connectivity index (χ3n) is 3.62. The first-order valence-electron chi connectivity index (χ1n) is 6.80. The molecule has 0 spiro atoms. The number of rotatable bonds is 3. The first kappa shape index (κ1) is 13.4. The van der Waals surface area contributed by atoms with Crippen molar-refractivity contribution in [2.24, 2.45) is 7.05 Å². The lowest BCUT2D eigenvalue weighted by Gasteiger charge is -2.21. The van der Waals surface area contributed by atoms with Crippen molar-refractivity contribution in [3.63, 3.8) is 0 Å². The molecule has 108 valence electrons. The van der Waals surface area contributed by atoms with E-state index in [1.54, 1.807) is 29.3 Å². The minimum Gasteiger partial charge on any atom is -0.343 e. The van der Waals surface area contributed by atoms with Gasteiger partial charge in [-0.2, -0.15) is 0 Å². The molecule has 0 unspecified atom stereocenters. The van der Waals surface area contributed by atoms with Crippen LogP contribution in [-0.4, -0.2) is 34.5 Å². The Morgan fingerprint density at radius 2 is 2.10 bits per heavy atom. The average molecular weight is 284 g/mol. The molecule has 2 amide bonds. The van der Waals surface area contributed by atoms with Crippen molar-refractivity contribution < 1.29 is 9.59 Å². The van der Waals surface area contributed by atoms with E-state index in [4.69, 9.17) is 0 Å². The fraction of sp³-hybridized carbons (Fsp3) is 0.267. The third-order valence-corrected chi connectivity index (χ3v) is 3.62. The van der Waals surface area contributed by atoms with Crippen molar-refractivity contribution in [2.75, 3.05) is 18.0 Å². The summed E-state index contributed by atoms with van der Waals surface area (Å²) in [6.45, 7) is 0.518. The second kappa shape index (κ2) is 5.40. The summed E-state index contributed by atoms with van der Waals surface area (Å²) in [4.78, 5) is 30.1. The number of para-hydroxylation sites is 1. The van der Waals surface area contributed by atoms with E-state index in [1.807, 2.05) is 23.9 Å². The number of fused-ring (bicyclic) bond motifs is 1. The second-order valence-electron chi connectivity index (χ2n) is 4.95. The number of amides is 2. The van der Waals surface area contributed by atoms with Crippen molar-refractivity contribution >= 4 is 17.5 Å². The van der Waals surface area contributed by atoms with Crippen molar-refractivity contribution in [3.8, 4) is 0 Å². The number of imidazole rings is 1. The number of benzene rings is 1. The summed E-state index contributed by atoms with van der Waals surface area (Å²) in [7, 11) is 1.92. The molecule has 0 bridgehead atoms. The Bertz CT molecular complexity index is 692. The zero-order valence-corrected chi connectivity index (χ0v) is 11.7. The van der Waals surface area contributed by atoms with Crippen molar-refractivity contribution in [3.05, 3.63) is 48.0 Å². The van der Waals surface area contributed by atoms with Crippen LogP contribution in [-0.2, 0) is 18.3 Å². The van der Waals surface area contributed by atoms with Crippen LogP contribution in [0.4, 0.5) is 5.69 Å². The molecular weight excluding hydrogens is 268 g/mol. The molecule has 1 aromatic carbocycles. The van der Waals surface area contributed by atoms with E-state index >= 15 is 0 Å². The predicted molar refractivity (Wildman–Crippen MR) is 78.0 cm³/mol. The molecule has 2 heterocycles. The van der Waals surface area contributed by atoms with E-state index in [0.29, 0.717) is 24.2 Å². The van der Waals surface area contributed by atoms with Crippen LogP contribution in [0, 0.1) is 0 Å². The first-order valence-corrected chi connectivity index (χ1v) is 6.80. The SMILES string of the molecule is Cn1ccnc1CCN1C(=O)CNC(=O)c2ccccc21. The molecule has 1 aliphatic heterocycles. The predicted octanol–water partition coefficient (Wildman–Crippen LogP) is 0.739. The Kier molecular flexibility index (Phi) is 3.43. The number of carbonyl (C=O) groups excluding carboxylic acids is 2. The molecule has 0 saturated heterocycles. The van der Waals surface area contributed by atoms with Crippen molar-refractivity contribution in [1.82, 2.24) is 14.9 Å². The van der Waals surface area contributed by atoms with Gasteiger partial charge in [-0.15, -0.1) is 0 Å². The van der Waals surface area contributed by atoms with Crippen LogP contribution in [0.25, 0.3) is 0 Å². The quantitative estimate of drug-likeness (QED) is 0.904. The van der Waals surface area contributed by atoms with E-state index in [-0.39, 0.29) is 18.4 Å². The maximum absolute atomic E-state index is 12.3. The monoisotopic (exact) mass is 284 g/mol. The van der Waals surface area contributed by atoms with E-state index in [0.717, 1.165) is 5.82 Å². The van der Waals surface area contributed by atoms with Crippen LogP contribution in [0.15, 0.2) is 36.7 Å². The van der Waals surface area contributed by atoms with Gasteiger partial charge in [0.05, 0.1) is 17.8 Å². The number of nitrogens with one attached hydrogen (secondary N) is 1. The normalized spacial score (nSPS) is 14.6. The van der Waals surface area contributed by atoms with Gasteiger partial charge < -0.3 is 14.8 Å². The highest BCUT2D eigenvalue weighted by molar-refractivity contribution is 6.09. The van der Waals surface area contributed by atoms with E-state index < -0.39 is 0 Å². The molecule has 3 rings (SSSR count). The lowest BCUT2D eigenvalue weighted by atomic mass is 10.1. The summed E-state index contributed by atoms with van der Waals surface area (Å²) in [5.41, 5.74) is 1.19. The standard InChI is InChI=1S/C15H16N4O2/c1-18-9-7-16-13(18)6-8-19-12-5-3-2-4-11(12)15(21)17-10-14(19)20/h2-5,7,9H,6,8,10H2,1H3,(H,17,21). The second-order valence-corrected chi connectivity index (χ2v) is 4.95. The van der Waals surface area contributed by atoms with Crippen LogP contribution < -0.4 is 10.2 Å². The molecule has 1 aromatic heterocycles. The minimum absolute atomic E-state index is 0.0219. The van der Waals surface area contributed by atoms with Gasteiger partial charge in [-0.3, -0.25) is 9.59 Å². The third kappa shape index (κ3) is 2.52. The van der Waals surface area contributed by atoms with E-state index in [9.17, 15) is 9.59 Å². The van der Waals surface area contributed by atoms with Gasteiger partial charge >= 0.3 is 0 Å². The molecule has 0 radical (unpaired) electrons. The number of carbonyl (C=O) groups is 2. The van der Waals surface area contributed by atoms with Gasteiger partial charge in [0.15, 0.2) is 0 Å². The van der Waals surface area contributed by atoms with Crippen molar-refractivity contribution in [2.45, 2.75) is 6.42 Å². The van der Waals surface area contributed by atoms with E-state index in [1.165, 1.54) is 0 Å². The van der Waals surface area contributed by atoms with Gasteiger partial charge in [-0.25, -0.2) is 4.98 Å². The van der Waals surface area contributed by atoms with Crippen LogP contribution in [0.3, 0.4) is 0 Å². The fourth-order valence-corrected chi connectivity index (χ4v) is 2.48. The molecule has 6 nitrogen and oxygen atoms in total. The topological polar surface area (TPSA) is 67.2 Å². The largest absolute Gasteiger partial charge is 0.343 e. The smallest absolute Gasteiger partial charge is 0.253 e. The Hall–Kier alpha value is -2.63.